The molecule has 6 heteroatoms. The molecule has 0 aromatic heterocycles. The maximum Gasteiger partial charge on any atom is 0.306 e. The first kappa shape index (κ1) is 54.4. The van der Waals surface area contributed by atoms with Gasteiger partial charge >= 0.3 is 17.9 Å². The highest BCUT2D eigenvalue weighted by Gasteiger charge is 2.19. The van der Waals surface area contributed by atoms with Crippen molar-refractivity contribution in [3.63, 3.8) is 0 Å². The highest BCUT2D eigenvalue weighted by atomic mass is 16.6. The number of hydrogen-bond donors (Lipinski definition) is 0. The van der Waals surface area contributed by atoms with Gasteiger partial charge in [0.15, 0.2) is 6.10 Å². The lowest BCUT2D eigenvalue weighted by Gasteiger charge is -2.18. The van der Waals surface area contributed by atoms with Gasteiger partial charge in [-0.15, -0.1) is 0 Å². The summed E-state index contributed by atoms with van der Waals surface area (Å²) in [6.45, 7) is 8.98. The van der Waals surface area contributed by atoms with Gasteiger partial charge in [-0.3, -0.25) is 14.4 Å². The minimum atomic E-state index is -0.759. The molecule has 0 heterocycles. The molecule has 56 heavy (non-hydrogen) atoms. The van der Waals surface area contributed by atoms with Crippen LogP contribution in [-0.2, 0) is 28.6 Å². The van der Waals surface area contributed by atoms with Crippen LogP contribution in [0.25, 0.3) is 0 Å². The van der Waals surface area contributed by atoms with E-state index in [0.717, 1.165) is 63.7 Å². The van der Waals surface area contributed by atoms with Gasteiger partial charge in [0.1, 0.15) is 13.2 Å². The Hall–Kier alpha value is -1.59. The Morgan fingerprint density at radius 2 is 0.625 bits per heavy atom. The minimum Gasteiger partial charge on any atom is -0.462 e. The van der Waals surface area contributed by atoms with E-state index >= 15 is 0 Å². The summed E-state index contributed by atoms with van der Waals surface area (Å²) in [5, 5.41) is 0. The van der Waals surface area contributed by atoms with Crippen LogP contribution in [0.3, 0.4) is 0 Å². The molecule has 0 bridgehead atoms. The van der Waals surface area contributed by atoms with Crippen molar-refractivity contribution in [1.29, 1.82) is 0 Å². The molecule has 2 atom stereocenters. The van der Waals surface area contributed by atoms with Crippen LogP contribution in [0.15, 0.2) is 0 Å². The Morgan fingerprint density at radius 1 is 0.357 bits per heavy atom. The minimum absolute atomic E-state index is 0.0644. The van der Waals surface area contributed by atoms with Gasteiger partial charge in [0.05, 0.1) is 0 Å². The summed E-state index contributed by atoms with van der Waals surface area (Å²) in [7, 11) is 0. The van der Waals surface area contributed by atoms with E-state index in [-0.39, 0.29) is 31.1 Å². The number of esters is 3. The van der Waals surface area contributed by atoms with E-state index in [1.807, 2.05) is 0 Å². The molecule has 0 saturated heterocycles. The molecule has 0 aliphatic rings. The molecular formula is C50H96O6. The normalized spacial score (nSPS) is 12.4. The van der Waals surface area contributed by atoms with E-state index in [1.54, 1.807) is 0 Å². The monoisotopic (exact) mass is 793 g/mol. The summed E-state index contributed by atoms with van der Waals surface area (Å²) in [6.07, 6.45) is 45.3. The standard InChI is InChI=1S/C50H96O6/c1-5-8-10-12-14-15-16-17-18-19-20-21-22-23-24-25-31-35-39-43-50(53)56-47(44-54-48(51)41-37-33-28-13-11-9-6-2)45-55-49(52)42-38-34-30-27-26-29-32-36-40-46(4)7-3/h46-47H,5-45H2,1-4H3/t46?,47-/m0/s1. The molecule has 0 aromatic rings. The highest BCUT2D eigenvalue weighted by Crippen LogP contribution is 2.17. The zero-order valence-corrected chi connectivity index (χ0v) is 38.1. The number of ether oxygens (including phenoxy) is 3. The summed E-state index contributed by atoms with van der Waals surface area (Å²) < 4.78 is 16.7. The van der Waals surface area contributed by atoms with Crippen molar-refractivity contribution in [3.8, 4) is 0 Å². The van der Waals surface area contributed by atoms with Crippen molar-refractivity contribution >= 4 is 17.9 Å². The van der Waals surface area contributed by atoms with Crippen LogP contribution < -0.4 is 0 Å². The molecule has 0 rings (SSSR count). The maximum absolute atomic E-state index is 12.7. The molecule has 0 saturated carbocycles. The molecule has 332 valence electrons. The zero-order chi connectivity index (χ0) is 41.0. The lowest BCUT2D eigenvalue weighted by molar-refractivity contribution is -0.167. The largest absolute Gasteiger partial charge is 0.462 e. The molecule has 0 aromatic carbocycles. The highest BCUT2D eigenvalue weighted by molar-refractivity contribution is 5.71. The van der Waals surface area contributed by atoms with Crippen LogP contribution in [-0.4, -0.2) is 37.2 Å². The lowest BCUT2D eigenvalue weighted by atomic mass is 9.99. The van der Waals surface area contributed by atoms with Crippen LogP contribution in [0.4, 0.5) is 0 Å². The van der Waals surface area contributed by atoms with E-state index in [9.17, 15) is 14.4 Å². The third-order valence-electron chi connectivity index (χ3n) is 11.7. The van der Waals surface area contributed by atoms with Crippen LogP contribution in [0, 0.1) is 5.92 Å². The van der Waals surface area contributed by atoms with Crippen LogP contribution in [0.2, 0.25) is 0 Å². The van der Waals surface area contributed by atoms with E-state index in [2.05, 4.69) is 27.7 Å². The van der Waals surface area contributed by atoms with Gasteiger partial charge in [-0.2, -0.15) is 0 Å². The van der Waals surface area contributed by atoms with Gasteiger partial charge in [-0.05, 0) is 25.2 Å². The Balaban J connectivity index is 4.19. The topological polar surface area (TPSA) is 78.9 Å². The number of unbranched alkanes of at least 4 members (excludes halogenated alkanes) is 31. The Morgan fingerprint density at radius 3 is 0.929 bits per heavy atom. The third kappa shape index (κ3) is 42.0. The average Bonchev–Trinajstić information content (AvgIpc) is 3.19. The quantitative estimate of drug-likeness (QED) is 0.0347. The van der Waals surface area contributed by atoms with Crippen LogP contribution in [0.1, 0.15) is 278 Å². The van der Waals surface area contributed by atoms with Gasteiger partial charge < -0.3 is 14.2 Å². The molecule has 1 unspecified atom stereocenters. The van der Waals surface area contributed by atoms with E-state index < -0.39 is 6.10 Å². The summed E-state index contributed by atoms with van der Waals surface area (Å²) in [4.78, 5) is 37.7. The van der Waals surface area contributed by atoms with E-state index in [1.165, 1.54) is 173 Å². The average molecular weight is 793 g/mol. The molecule has 0 radical (unpaired) electrons. The van der Waals surface area contributed by atoms with Crippen molar-refractivity contribution in [2.45, 2.75) is 284 Å². The number of carbonyl (C=O) groups excluding carboxylic acids is 3. The molecule has 0 aliphatic heterocycles. The second kappa shape index (κ2) is 44.5. The fraction of sp³-hybridized carbons (Fsp3) is 0.940. The molecule has 0 N–H and O–H groups in total. The fourth-order valence-corrected chi connectivity index (χ4v) is 7.48. The smallest absolute Gasteiger partial charge is 0.306 e. The van der Waals surface area contributed by atoms with Crippen molar-refractivity contribution in [3.05, 3.63) is 0 Å². The summed E-state index contributed by atoms with van der Waals surface area (Å²) in [5.74, 6) is -0.00870. The number of hydrogen-bond acceptors (Lipinski definition) is 6. The van der Waals surface area contributed by atoms with Gasteiger partial charge in [0, 0.05) is 19.3 Å². The number of carbonyl (C=O) groups is 3. The van der Waals surface area contributed by atoms with E-state index in [4.69, 9.17) is 14.2 Å². The summed E-state index contributed by atoms with van der Waals surface area (Å²) in [5.41, 5.74) is 0. The van der Waals surface area contributed by atoms with Crippen molar-refractivity contribution in [1.82, 2.24) is 0 Å². The fourth-order valence-electron chi connectivity index (χ4n) is 7.48. The lowest BCUT2D eigenvalue weighted by Crippen LogP contribution is -2.30. The molecule has 0 fully saturated rings. The maximum atomic E-state index is 12.7. The second-order valence-corrected chi connectivity index (χ2v) is 17.3. The van der Waals surface area contributed by atoms with Crippen molar-refractivity contribution < 1.29 is 28.6 Å². The van der Waals surface area contributed by atoms with Crippen LogP contribution >= 0.6 is 0 Å². The third-order valence-corrected chi connectivity index (χ3v) is 11.7. The van der Waals surface area contributed by atoms with Crippen molar-refractivity contribution in [2.24, 2.45) is 5.92 Å². The van der Waals surface area contributed by atoms with Gasteiger partial charge in [0.2, 0.25) is 0 Å². The summed E-state index contributed by atoms with van der Waals surface area (Å²) in [6, 6.07) is 0. The van der Waals surface area contributed by atoms with Crippen LogP contribution in [0.5, 0.6) is 0 Å². The first-order valence-electron chi connectivity index (χ1n) is 24.9. The summed E-state index contributed by atoms with van der Waals surface area (Å²) >= 11 is 0. The Bertz CT molecular complexity index is 843. The van der Waals surface area contributed by atoms with E-state index in [0.29, 0.717) is 19.3 Å². The van der Waals surface area contributed by atoms with Gasteiger partial charge in [-0.25, -0.2) is 0 Å². The SMILES string of the molecule is CCCCCCCCCCCCCCCCCCCCCC(=O)O[C@@H](COC(=O)CCCCCCCCC)COC(=O)CCCCCCCCCCC(C)CC. The molecular weight excluding hydrogens is 697 g/mol. The number of rotatable bonds is 45. The van der Waals surface area contributed by atoms with Gasteiger partial charge in [-0.1, -0.05) is 240 Å². The zero-order valence-electron chi connectivity index (χ0n) is 38.1. The first-order valence-corrected chi connectivity index (χ1v) is 24.9. The second-order valence-electron chi connectivity index (χ2n) is 17.3. The molecule has 0 aliphatic carbocycles. The predicted molar refractivity (Wildman–Crippen MR) is 238 cm³/mol. The molecule has 0 spiro atoms. The molecule has 6 nitrogen and oxygen atoms in total. The first-order chi connectivity index (χ1) is 27.4. The molecule has 0 amide bonds. The Labute approximate surface area is 348 Å². The predicted octanol–water partition coefficient (Wildman–Crippen LogP) is 15.9. The van der Waals surface area contributed by atoms with Gasteiger partial charge in [0.25, 0.3) is 0 Å². The van der Waals surface area contributed by atoms with Crippen molar-refractivity contribution in [2.75, 3.05) is 13.2 Å². The Kier molecular flexibility index (Phi) is 43.2.